The van der Waals surface area contributed by atoms with Gasteiger partial charge in [0, 0.05) is 24.7 Å². The van der Waals surface area contributed by atoms with Gasteiger partial charge in [-0.15, -0.1) is 0 Å². The van der Waals surface area contributed by atoms with E-state index in [1.165, 1.54) is 0 Å². The van der Waals surface area contributed by atoms with E-state index in [4.69, 9.17) is 4.74 Å². The highest BCUT2D eigenvalue weighted by Gasteiger charge is 2.14. The Labute approximate surface area is 170 Å². The molecule has 0 aromatic heterocycles. The average molecular weight is 388 g/mol. The lowest BCUT2D eigenvalue weighted by atomic mass is 10.1. The molecule has 0 aliphatic rings. The number of nitrogens with zero attached hydrogens (tertiary/aromatic N) is 1. The number of nitrogens with one attached hydrogen (secondary N) is 1. The molecule has 3 aromatic carbocycles. The van der Waals surface area contributed by atoms with Crippen LogP contribution >= 0.6 is 0 Å². The summed E-state index contributed by atoms with van der Waals surface area (Å²) < 4.78 is 5.30. The zero-order valence-electron chi connectivity index (χ0n) is 16.8. The Bertz CT molecular complexity index is 998. The molecule has 2 amide bonds. The summed E-state index contributed by atoms with van der Waals surface area (Å²) in [5, 5.41) is 2.86. The Morgan fingerprint density at radius 2 is 1.59 bits per heavy atom. The highest BCUT2D eigenvalue weighted by atomic mass is 16.5. The second-order valence-electron chi connectivity index (χ2n) is 6.88. The summed E-state index contributed by atoms with van der Waals surface area (Å²) in [7, 11) is 3.33. The first-order chi connectivity index (χ1) is 14.0. The Kier molecular flexibility index (Phi) is 6.29. The standard InChI is InChI=1S/C24H24N2O3/c1-17-9-14-22(29-3)21(15-17)25-23(27)19-10-12-20(13-11-19)24(28)26(2)16-18-7-5-4-6-8-18/h4-15H,16H2,1-3H3,(H,25,27). The van der Waals surface area contributed by atoms with Crippen LogP contribution in [0.2, 0.25) is 0 Å². The second-order valence-corrected chi connectivity index (χ2v) is 6.88. The molecule has 0 unspecified atom stereocenters. The number of hydrogen-bond donors (Lipinski definition) is 1. The van der Waals surface area contributed by atoms with Crippen LogP contribution in [0.15, 0.2) is 72.8 Å². The molecule has 0 saturated carbocycles. The number of aryl methyl sites for hydroxylation is 1. The monoisotopic (exact) mass is 388 g/mol. The quantitative estimate of drug-likeness (QED) is 0.675. The number of methoxy groups -OCH3 is 1. The summed E-state index contributed by atoms with van der Waals surface area (Å²) in [5.74, 6) is 0.241. The number of rotatable bonds is 6. The minimum atomic E-state index is -0.259. The maximum atomic E-state index is 12.7. The number of ether oxygens (including phenoxy) is 1. The fourth-order valence-electron chi connectivity index (χ4n) is 3.03. The molecule has 148 valence electrons. The fourth-order valence-corrected chi connectivity index (χ4v) is 3.03. The second kappa shape index (κ2) is 9.06. The van der Waals surface area contributed by atoms with Gasteiger partial charge in [-0.1, -0.05) is 36.4 Å². The largest absolute Gasteiger partial charge is 0.495 e. The van der Waals surface area contributed by atoms with Crippen molar-refractivity contribution in [2.24, 2.45) is 0 Å². The fraction of sp³-hybridized carbons (Fsp3) is 0.167. The van der Waals surface area contributed by atoms with E-state index in [-0.39, 0.29) is 11.8 Å². The van der Waals surface area contributed by atoms with Gasteiger partial charge in [-0.25, -0.2) is 0 Å². The smallest absolute Gasteiger partial charge is 0.255 e. The molecule has 5 heteroatoms. The number of benzene rings is 3. The Morgan fingerprint density at radius 3 is 2.24 bits per heavy atom. The molecule has 0 saturated heterocycles. The lowest BCUT2D eigenvalue weighted by Gasteiger charge is -2.17. The van der Waals surface area contributed by atoms with Crippen LogP contribution < -0.4 is 10.1 Å². The molecule has 0 aliphatic carbocycles. The van der Waals surface area contributed by atoms with Crippen LogP contribution in [0.4, 0.5) is 5.69 Å². The van der Waals surface area contributed by atoms with E-state index in [9.17, 15) is 9.59 Å². The number of amides is 2. The molecule has 3 rings (SSSR count). The van der Waals surface area contributed by atoms with Crippen LogP contribution in [0, 0.1) is 6.92 Å². The minimum absolute atomic E-state index is 0.0961. The van der Waals surface area contributed by atoms with Crippen molar-refractivity contribution in [2.75, 3.05) is 19.5 Å². The number of carbonyl (C=O) groups excluding carboxylic acids is 2. The van der Waals surface area contributed by atoms with Gasteiger partial charge in [0.15, 0.2) is 0 Å². The zero-order valence-corrected chi connectivity index (χ0v) is 16.8. The van der Waals surface area contributed by atoms with Crippen molar-refractivity contribution < 1.29 is 14.3 Å². The molecule has 0 fully saturated rings. The van der Waals surface area contributed by atoms with E-state index in [0.717, 1.165) is 11.1 Å². The van der Waals surface area contributed by atoms with Crippen LogP contribution in [-0.4, -0.2) is 30.9 Å². The average Bonchev–Trinajstić information content (AvgIpc) is 2.74. The van der Waals surface area contributed by atoms with Crippen molar-refractivity contribution in [3.05, 3.63) is 95.1 Å². The Hall–Kier alpha value is -3.60. The third-order valence-corrected chi connectivity index (χ3v) is 4.61. The molecule has 0 atom stereocenters. The van der Waals surface area contributed by atoms with Gasteiger partial charge < -0.3 is 15.0 Å². The molecule has 1 N–H and O–H groups in total. The van der Waals surface area contributed by atoms with Crippen molar-refractivity contribution in [3.8, 4) is 5.75 Å². The molecular weight excluding hydrogens is 364 g/mol. The van der Waals surface area contributed by atoms with E-state index >= 15 is 0 Å². The maximum absolute atomic E-state index is 12.7. The minimum Gasteiger partial charge on any atom is -0.495 e. The van der Waals surface area contributed by atoms with Gasteiger partial charge in [-0.05, 0) is 54.4 Å². The van der Waals surface area contributed by atoms with E-state index in [2.05, 4.69) is 5.32 Å². The SMILES string of the molecule is COc1ccc(C)cc1NC(=O)c1ccc(C(=O)N(C)Cc2ccccc2)cc1. The normalized spacial score (nSPS) is 10.3. The predicted molar refractivity (Wildman–Crippen MR) is 114 cm³/mol. The van der Waals surface area contributed by atoms with Crippen LogP contribution in [0.1, 0.15) is 31.8 Å². The van der Waals surface area contributed by atoms with Crippen LogP contribution in [-0.2, 0) is 6.54 Å². The summed E-state index contributed by atoms with van der Waals surface area (Å²) in [5.41, 5.74) is 3.69. The van der Waals surface area contributed by atoms with Crippen molar-refractivity contribution in [3.63, 3.8) is 0 Å². The number of hydrogen-bond acceptors (Lipinski definition) is 3. The highest BCUT2D eigenvalue weighted by Crippen LogP contribution is 2.25. The summed E-state index contributed by atoms with van der Waals surface area (Å²) >= 11 is 0. The highest BCUT2D eigenvalue weighted by molar-refractivity contribution is 6.05. The van der Waals surface area contributed by atoms with Gasteiger partial charge in [-0.2, -0.15) is 0 Å². The first kappa shape index (κ1) is 20.1. The summed E-state index contributed by atoms with van der Waals surface area (Å²) in [6, 6.07) is 22.0. The van der Waals surface area contributed by atoms with Crippen LogP contribution in [0.3, 0.4) is 0 Å². The molecule has 5 nitrogen and oxygen atoms in total. The first-order valence-electron chi connectivity index (χ1n) is 9.33. The molecule has 29 heavy (non-hydrogen) atoms. The topological polar surface area (TPSA) is 58.6 Å². The first-order valence-corrected chi connectivity index (χ1v) is 9.33. The van der Waals surface area contributed by atoms with Gasteiger partial charge in [-0.3, -0.25) is 9.59 Å². The number of anilines is 1. The van der Waals surface area contributed by atoms with E-state index < -0.39 is 0 Å². The van der Waals surface area contributed by atoms with E-state index in [1.54, 1.807) is 43.3 Å². The number of carbonyl (C=O) groups is 2. The van der Waals surface area contributed by atoms with Gasteiger partial charge in [0.1, 0.15) is 5.75 Å². The van der Waals surface area contributed by atoms with Crippen molar-refractivity contribution in [1.82, 2.24) is 4.90 Å². The van der Waals surface area contributed by atoms with E-state index in [0.29, 0.717) is 29.1 Å². The molecule has 0 heterocycles. The van der Waals surface area contributed by atoms with Crippen LogP contribution in [0.5, 0.6) is 5.75 Å². The molecular formula is C24H24N2O3. The third-order valence-electron chi connectivity index (χ3n) is 4.61. The zero-order chi connectivity index (χ0) is 20.8. The molecule has 0 radical (unpaired) electrons. The van der Waals surface area contributed by atoms with Crippen molar-refractivity contribution >= 4 is 17.5 Å². The summed E-state index contributed by atoms with van der Waals surface area (Å²) in [6.45, 7) is 2.47. The van der Waals surface area contributed by atoms with Gasteiger partial charge in [0.2, 0.25) is 0 Å². The Morgan fingerprint density at radius 1 is 0.931 bits per heavy atom. The van der Waals surface area contributed by atoms with E-state index in [1.807, 2.05) is 55.5 Å². The summed E-state index contributed by atoms with van der Waals surface area (Å²) in [4.78, 5) is 26.9. The van der Waals surface area contributed by atoms with Gasteiger partial charge >= 0.3 is 0 Å². The van der Waals surface area contributed by atoms with Gasteiger partial charge in [0.05, 0.1) is 12.8 Å². The van der Waals surface area contributed by atoms with Crippen molar-refractivity contribution in [1.29, 1.82) is 0 Å². The predicted octanol–water partition coefficient (Wildman–Crippen LogP) is 4.53. The molecule has 3 aromatic rings. The lowest BCUT2D eigenvalue weighted by Crippen LogP contribution is -2.26. The van der Waals surface area contributed by atoms with Gasteiger partial charge in [0.25, 0.3) is 11.8 Å². The Balaban J connectivity index is 1.68. The molecule has 0 spiro atoms. The third kappa shape index (κ3) is 5.02. The molecule has 0 bridgehead atoms. The lowest BCUT2D eigenvalue weighted by molar-refractivity contribution is 0.0784. The van der Waals surface area contributed by atoms with Crippen molar-refractivity contribution in [2.45, 2.75) is 13.5 Å². The molecule has 0 aliphatic heterocycles. The van der Waals surface area contributed by atoms with Crippen LogP contribution in [0.25, 0.3) is 0 Å². The maximum Gasteiger partial charge on any atom is 0.255 e. The summed E-state index contributed by atoms with van der Waals surface area (Å²) in [6.07, 6.45) is 0.